The van der Waals surface area contributed by atoms with Crippen molar-refractivity contribution in [2.45, 2.75) is 24.9 Å². The van der Waals surface area contributed by atoms with Crippen LogP contribution in [0.4, 0.5) is 11.9 Å². The number of benzene rings is 1. The first-order valence-electron chi connectivity index (χ1n) is 7.76. The first kappa shape index (κ1) is 18.0. The van der Waals surface area contributed by atoms with Gasteiger partial charge in [-0.3, -0.25) is 4.79 Å². The number of rotatable bonds is 7. The number of nitrogen functional groups attached to an aromatic ring is 2. The van der Waals surface area contributed by atoms with Gasteiger partial charge in [-0.1, -0.05) is 30.3 Å². The predicted molar refractivity (Wildman–Crippen MR) is 97.1 cm³/mol. The van der Waals surface area contributed by atoms with E-state index in [9.17, 15) is 4.79 Å². The fourth-order valence-electron chi connectivity index (χ4n) is 2.32. The van der Waals surface area contributed by atoms with E-state index in [0.717, 1.165) is 5.56 Å². The molecule has 128 valence electrons. The summed E-state index contributed by atoms with van der Waals surface area (Å²) in [6, 6.07) is 9.69. The van der Waals surface area contributed by atoms with Crippen molar-refractivity contribution in [2.75, 3.05) is 24.6 Å². The largest absolute Gasteiger partial charge is 0.368 e. The van der Waals surface area contributed by atoms with Crippen LogP contribution in [0.2, 0.25) is 0 Å². The average molecular weight is 346 g/mol. The summed E-state index contributed by atoms with van der Waals surface area (Å²) in [6.07, 6.45) is 0. The zero-order valence-electron chi connectivity index (χ0n) is 13.8. The van der Waals surface area contributed by atoms with Crippen molar-refractivity contribution in [2.24, 2.45) is 0 Å². The number of thioether (sulfide) groups is 1. The highest BCUT2D eigenvalue weighted by Gasteiger charge is 2.25. The number of nitrogens with two attached hydrogens (primary N) is 2. The third-order valence-electron chi connectivity index (χ3n) is 3.50. The smallest absolute Gasteiger partial charge is 0.240 e. The molecule has 1 heterocycles. The van der Waals surface area contributed by atoms with Gasteiger partial charge in [-0.05, 0) is 19.4 Å². The maximum absolute atomic E-state index is 12.9. The second-order valence-electron chi connectivity index (χ2n) is 5.08. The summed E-state index contributed by atoms with van der Waals surface area (Å²) in [4.78, 5) is 26.6. The Morgan fingerprint density at radius 1 is 1.08 bits per heavy atom. The molecular formula is C16H22N6OS. The Bertz CT molecular complexity index is 657. The van der Waals surface area contributed by atoms with Crippen LogP contribution in [0.25, 0.3) is 0 Å². The molecule has 0 aliphatic rings. The molecule has 4 N–H and O–H groups in total. The lowest BCUT2D eigenvalue weighted by Crippen LogP contribution is -2.34. The number of carbonyl (C=O) groups excluding carboxylic acids is 1. The predicted octanol–water partition coefficient (Wildman–Crippen LogP) is 1.88. The summed E-state index contributed by atoms with van der Waals surface area (Å²) >= 11 is 1.46. The van der Waals surface area contributed by atoms with Crippen molar-refractivity contribution in [3.05, 3.63) is 41.7 Å². The third-order valence-corrected chi connectivity index (χ3v) is 4.73. The number of carbonyl (C=O) groups is 1. The lowest BCUT2D eigenvalue weighted by atomic mass is 10.1. The quantitative estimate of drug-likeness (QED) is 0.787. The van der Waals surface area contributed by atoms with E-state index in [0.29, 0.717) is 24.7 Å². The topological polar surface area (TPSA) is 111 Å². The van der Waals surface area contributed by atoms with E-state index in [1.807, 2.05) is 49.1 Å². The van der Waals surface area contributed by atoms with Gasteiger partial charge in [-0.2, -0.15) is 15.0 Å². The molecule has 1 aromatic heterocycles. The van der Waals surface area contributed by atoms with Crippen LogP contribution in [-0.2, 0) is 10.5 Å². The molecule has 24 heavy (non-hydrogen) atoms. The van der Waals surface area contributed by atoms with Crippen molar-refractivity contribution in [1.82, 2.24) is 19.9 Å². The van der Waals surface area contributed by atoms with Gasteiger partial charge in [0.15, 0.2) is 0 Å². The monoisotopic (exact) mass is 346 g/mol. The SMILES string of the molecule is CCN(CC)C(=O)[C@H](SCc1nc(N)nc(N)n1)c1ccccc1. The van der Waals surface area contributed by atoms with Crippen molar-refractivity contribution < 1.29 is 4.79 Å². The minimum absolute atomic E-state index is 0.0752. The third kappa shape index (κ3) is 4.58. The van der Waals surface area contributed by atoms with E-state index in [1.165, 1.54) is 11.8 Å². The number of anilines is 2. The molecular weight excluding hydrogens is 324 g/mol. The van der Waals surface area contributed by atoms with E-state index in [-0.39, 0.29) is 23.1 Å². The van der Waals surface area contributed by atoms with Gasteiger partial charge in [-0.25, -0.2) is 0 Å². The summed E-state index contributed by atoms with van der Waals surface area (Å²) in [5.74, 6) is 1.14. The van der Waals surface area contributed by atoms with Gasteiger partial charge in [0, 0.05) is 13.1 Å². The molecule has 0 saturated carbocycles. The lowest BCUT2D eigenvalue weighted by Gasteiger charge is -2.25. The highest BCUT2D eigenvalue weighted by Crippen LogP contribution is 2.32. The Morgan fingerprint density at radius 2 is 1.67 bits per heavy atom. The van der Waals surface area contributed by atoms with Gasteiger partial charge >= 0.3 is 0 Å². The maximum Gasteiger partial charge on any atom is 0.240 e. The molecule has 1 amide bonds. The van der Waals surface area contributed by atoms with Gasteiger partial charge < -0.3 is 16.4 Å². The van der Waals surface area contributed by atoms with Gasteiger partial charge in [0.25, 0.3) is 0 Å². The van der Waals surface area contributed by atoms with Crippen molar-refractivity contribution in [1.29, 1.82) is 0 Å². The van der Waals surface area contributed by atoms with E-state index in [1.54, 1.807) is 0 Å². The Morgan fingerprint density at radius 3 is 2.21 bits per heavy atom. The highest BCUT2D eigenvalue weighted by molar-refractivity contribution is 7.99. The molecule has 0 unspecified atom stereocenters. The second kappa shape index (κ2) is 8.49. The number of hydrogen-bond acceptors (Lipinski definition) is 7. The van der Waals surface area contributed by atoms with Gasteiger partial charge in [0.2, 0.25) is 17.8 Å². The summed E-state index contributed by atoms with van der Waals surface area (Å²) in [7, 11) is 0. The van der Waals surface area contributed by atoms with Crippen LogP contribution in [0.1, 0.15) is 30.5 Å². The molecule has 0 fully saturated rings. The van der Waals surface area contributed by atoms with E-state index in [4.69, 9.17) is 11.5 Å². The molecule has 0 aliphatic carbocycles. The molecule has 1 aromatic carbocycles. The second-order valence-corrected chi connectivity index (χ2v) is 6.17. The van der Waals surface area contributed by atoms with Crippen LogP contribution in [0.15, 0.2) is 30.3 Å². The molecule has 0 aliphatic heterocycles. The van der Waals surface area contributed by atoms with Crippen molar-refractivity contribution in [3.63, 3.8) is 0 Å². The minimum Gasteiger partial charge on any atom is -0.368 e. The summed E-state index contributed by atoms with van der Waals surface area (Å²) in [5, 5.41) is -0.328. The fourth-order valence-corrected chi connectivity index (χ4v) is 3.40. The maximum atomic E-state index is 12.9. The van der Waals surface area contributed by atoms with Gasteiger partial charge in [0.1, 0.15) is 11.1 Å². The first-order chi connectivity index (χ1) is 11.5. The average Bonchev–Trinajstić information content (AvgIpc) is 2.56. The highest BCUT2D eigenvalue weighted by atomic mass is 32.2. The fraction of sp³-hybridized carbons (Fsp3) is 0.375. The molecule has 0 radical (unpaired) electrons. The van der Waals surface area contributed by atoms with Crippen LogP contribution < -0.4 is 11.5 Å². The standard InChI is InChI=1S/C16H22N6OS/c1-3-22(4-2)14(23)13(11-8-6-5-7-9-11)24-10-12-19-15(17)21-16(18)20-12/h5-9,13H,3-4,10H2,1-2H3,(H4,17,18,19,20,21)/t13-/m1/s1. The van der Waals surface area contributed by atoms with Crippen molar-refractivity contribution >= 4 is 29.6 Å². The number of aromatic nitrogens is 3. The van der Waals surface area contributed by atoms with Crippen LogP contribution >= 0.6 is 11.8 Å². The summed E-state index contributed by atoms with van der Waals surface area (Å²) in [6.45, 7) is 5.29. The molecule has 0 spiro atoms. The van der Waals surface area contributed by atoms with E-state index in [2.05, 4.69) is 15.0 Å². The normalized spacial score (nSPS) is 11.9. The van der Waals surface area contributed by atoms with Crippen LogP contribution in [-0.4, -0.2) is 38.8 Å². The van der Waals surface area contributed by atoms with E-state index >= 15 is 0 Å². The Labute approximate surface area is 145 Å². The zero-order chi connectivity index (χ0) is 17.5. The summed E-state index contributed by atoms with van der Waals surface area (Å²) in [5.41, 5.74) is 12.2. The minimum atomic E-state index is -0.328. The van der Waals surface area contributed by atoms with Crippen molar-refractivity contribution in [3.8, 4) is 0 Å². The molecule has 2 aromatic rings. The first-order valence-corrected chi connectivity index (χ1v) is 8.81. The number of likely N-dealkylation sites (N-methyl/N-ethyl adjacent to an activating group) is 1. The molecule has 1 atom stereocenters. The molecule has 0 bridgehead atoms. The Balaban J connectivity index is 2.21. The van der Waals surface area contributed by atoms with Gasteiger partial charge in [0.05, 0.1) is 5.75 Å². The van der Waals surface area contributed by atoms with Crippen LogP contribution in [0.5, 0.6) is 0 Å². The van der Waals surface area contributed by atoms with Crippen LogP contribution in [0, 0.1) is 0 Å². The van der Waals surface area contributed by atoms with E-state index < -0.39 is 0 Å². The number of nitrogens with zero attached hydrogens (tertiary/aromatic N) is 4. The zero-order valence-corrected chi connectivity index (χ0v) is 14.7. The molecule has 2 rings (SSSR count). The number of hydrogen-bond donors (Lipinski definition) is 2. The molecule has 8 heteroatoms. The number of amides is 1. The Hall–Kier alpha value is -2.35. The van der Waals surface area contributed by atoms with Crippen LogP contribution in [0.3, 0.4) is 0 Å². The van der Waals surface area contributed by atoms with Gasteiger partial charge in [-0.15, -0.1) is 11.8 Å². The lowest BCUT2D eigenvalue weighted by molar-refractivity contribution is -0.130. The molecule has 0 saturated heterocycles. The molecule has 7 nitrogen and oxygen atoms in total. The Kier molecular flexibility index (Phi) is 6.36. The summed E-state index contributed by atoms with van der Waals surface area (Å²) < 4.78 is 0.